The van der Waals surface area contributed by atoms with Crippen LogP contribution in [0.4, 0.5) is 0 Å². The Labute approximate surface area is 142 Å². The molecule has 2 aromatic heterocycles. The maximum Gasteiger partial charge on any atom is 0.165 e. The number of rotatable bonds is 6. The van der Waals surface area contributed by atoms with E-state index in [9.17, 15) is 5.11 Å². The van der Waals surface area contributed by atoms with Crippen LogP contribution >= 0.6 is 0 Å². The van der Waals surface area contributed by atoms with Gasteiger partial charge in [0.25, 0.3) is 0 Å². The number of tetrazole rings is 1. The van der Waals surface area contributed by atoms with Crippen molar-refractivity contribution in [1.29, 1.82) is 0 Å². The Morgan fingerprint density at radius 2 is 2.00 bits per heavy atom. The summed E-state index contributed by atoms with van der Waals surface area (Å²) in [5.41, 5.74) is 0.868. The molecule has 1 unspecified atom stereocenters. The Kier molecular flexibility index (Phi) is 4.64. The molecule has 2 aromatic rings. The highest BCUT2D eigenvalue weighted by Crippen LogP contribution is 2.49. The van der Waals surface area contributed by atoms with Gasteiger partial charge >= 0.3 is 0 Å². The lowest BCUT2D eigenvalue weighted by Crippen LogP contribution is -2.46. The third-order valence-electron chi connectivity index (χ3n) is 4.95. The molecule has 130 valence electrons. The van der Waals surface area contributed by atoms with E-state index in [4.69, 9.17) is 0 Å². The highest BCUT2D eigenvalue weighted by atomic mass is 16.3. The standard InChI is InChI=1S/C17H26N6O/c1-16(2,3)23-14(20-21-22-23)11-19-15(13-5-9-18-10-6-13)17(12-24)7-4-8-17/h5-6,9-10,15,19,24H,4,7-8,11-12H2,1-3H3. The van der Waals surface area contributed by atoms with Crippen LogP contribution in [0.3, 0.4) is 0 Å². The van der Waals surface area contributed by atoms with E-state index >= 15 is 0 Å². The van der Waals surface area contributed by atoms with Gasteiger partial charge in [-0.3, -0.25) is 4.98 Å². The number of aromatic nitrogens is 5. The van der Waals surface area contributed by atoms with E-state index in [2.05, 4.69) is 46.6 Å². The predicted octanol–water partition coefficient (Wildman–Crippen LogP) is 1.82. The minimum Gasteiger partial charge on any atom is -0.396 e. The van der Waals surface area contributed by atoms with Crippen LogP contribution in [0.1, 0.15) is 57.5 Å². The van der Waals surface area contributed by atoms with Gasteiger partial charge in [-0.25, -0.2) is 4.68 Å². The fourth-order valence-corrected chi connectivity index (χ4v) is 3.44. The van der Waals surface area contributed by atoms with Crippen molar-refractivity contribution in [2.75, 3.05) is 6.61 Å². The average Bonchev–Trinajstić information content (AvgIpc) is 2.99. The van der Waals surface area contributed by atoms with Crippen molar-refractivity contribution in [2.24, 2.45) is 5.41 Å². The van der Waals surface area contributed by atoms with Crippen LogP contribution < -0.4 is 5.32 Å². The predicted molar refractivity (Wildman–Crippen MR) is 90.0 cm³/mol. The maximum atomic E-state index is 10.0. The molecule has 2 N–H and O–H groups in total. The zero-order valence-corrected chi connectivity index (χ0v) is 14.6. The Morgan fingerprint density at radius 3 is 2.54 bits per heavy atom. The highest BCUT2D eigenvalue weighted by molar-refractivity contribution is 5.20. The minimum absolute atomic E-state index is 0.0596. The Hall–Kier alpha value is -1.86. The number of nitrogens with zero attached hydrogens (tertiary/aromatic N) is 5. The molecule has 0 radical (unpaired) electrons. The summed E-state index contributed by atoms with van der Waals surface area (Å²) in [4.78, 5) is 4.11. The molecule has 7 nitrogen and oxygen atoms in total. The van der Waals surface area contributed by atoms with Crippen molar-refractivity contribution in [1.82, 2.24) is 30.5 Å². The van der Waals surface area contributed by atoms with Gasteiger partial charge in [0, 0.05) is 23.9 Å². The van der Waals surface area contributed by atoms with Crippen LogP contribution in [0.15, 0.2) is 24.5 Å². The van der Waals surface area contributed by atoms with Crippen LogP contribution in [0.25, 0.3) is 0 Å². The highest BCUT2D eigenvalue weighted by Gasteiger charge is 2.44. The summed E-state index contributed by atoms with van der Waals surface area (Å²) in [5.74, 6) is 0.800. The van der Waals surface area contributed by atoms with Gasteiger partial charge in [-0.2, -0.15) is 0 Å². The van der Waals surface area contributed by atoms with Gasteiger partial charge in [0.05, 0.1) is 18.7 Å². The van der Waals surface area contributed by atoms with Crippen molar-refractivity contribution < 1.29 is 5.11 Å². The summed E-state index contributed by atoms with van der Waals surface area (Å²) in [6.07, 6.45) is 6.80. The van der Waals surface area contributed by atoms with Crippen LogP contribution in [-0.2, 0) is 12.1 Å². The molecule has 2 heterocycles. The lowest BCUT2D eigenvalue weighted by molar-refractivity contribution is 0.00413. The average molecular weight is 330 g/mol. The van der Waals surface area contributed by atoms with E-state index in [1.165, 1.54) is 0 Å². The summed E-state index contributed by atoms with van der Waals surface area (Å²) < 4.78 is 1.84. The fraction of sp³-hybridized carbons (Fsp3) is 0.647. The van der Waals surface area contributed by atoms with E-state index < -0.39 is 0 Å². The first kappa shape index (κ1) is 17.0. The Balaban J connectivity index is 1.82. The molecule has 0 saturated heterocycles. The number of aliphatic hydroxyl groups excluding tert-OH is 1. The number of nitrogens with one attached hydrogen (secondary N) is 1. The molecule has 3 rings (SSSR count). The topological polar surface area (TPSA) is 88.8 Å². The quantitative estimate of drug-likeness (QED) is 0.840. The molecule has 1 atom stereocenters. The third-order valence-corrected chi connectivity index (χ3v) is 4.95. The Morgan fingerprint density at radius 1 is 1.29 bits per heavy atom. The lowest BCUT2D eigenvalue weighted by atomic mass is 9.63. The smallest absolute Gasteiger partial charge is 0.165 e. The lowest BCUT2D eigenvalue weighted by Gasteiger charge is -2.47. The molecule has 0 bridgehead atoms. The molecule has 0 aliphatic heterocycles. The summed E-state index contributed by atoms with van der Waals surface area (Å²) in [6, 6.07) is 4.09. The molecular weight excluding hydrogens is 304 g/mol. The number of aliphatic hydroxyl groups is 1. The fourth-order valence-electron chi connectivity index (χ4n) is 3.44. The second-order valence-electron chi connectivity index (χ2n) is 7.65. The van der Waals surface area contributed by atoms with Crippen LogP contribution in [0.2, 0.25) is 0 Å². The number of hydrogen-bond acceptors (Lipinski definition) is 6. The van der Waals surface area contributed by atoms with Gasteiger partial charge in [-0.1, -0.05) is 6.42 Å². The van der Waals surface area contributed by atoms with E-state index in [1.54, 1.807) is 12.4 Å². The van der Waals surface area contributed by atoms with Gasteiger partial charge < -0.3 is 10.4 Å². The van der Waals surface area contributed by atoms with Crippen molar-refractivity contribution in [2.45, 2.75) is 58.2 Å². The molecule has 0 aromatic carbocycles. The van der Waals surface area contributed by atoms with Crippen LogP contribution in [0.5, 0.6) is 0 Å². The van der Waals surface area contributed by atoms with Gasteiger partial charge in [-0.15, -0.1) is 5.10 Å². The second-order valence-corrected chi connectivity index (χ2v) is 7.65. The van der Waals surface area contributed by atoms with E-state index in [0.29, 0.717) is 6.54 Å². The minimum atomic E-state index is -0.169. The third kappa shape index (κ3) is 3.18. The van der Waals surface area contributed by atoms with E-state index in [-0.39, 0.29) is 23.6 Å². The zero-order chi connectivity index (χ0) is 17.2. The maximum absolute atomic E-state index is 10.0. The summed E-state index contributed by atoms with van der Waals surface area (Å²) in [6.45, 7) is 6.97. The zero-order valence-electron chi connectivity index (χ0n) is 14.6. The molecular formula is C17H26N6O. The first-order chi connectivity index (χ1) is 11.5. The summed E-state index contributed by atoms with van der Waals surface area (Å²) >= 11 is 0. The summed E-state index contributed by atoms with van der Waals surface area (Å²) in [5, 5.41) is 25.7. The van der Waals surface area contributed by atoms with Gasteiger partial charge in [-0.05, 0) is 61.7 Å². The SMILES string of the molecule is CC(C)(C)n1nnnc1CNC(c1ccncc1)C1(CO)CCC1. The van der Waals surface area contributed by atoms with Crippen LogP contribution in [-0.4, -0.2) is 36.9 Å². The molecule has 0 spiro atoms. The normalized spacial score (nSPS) is 18.2. The van der Waals surface area contributed by atoms with Crippen molar-refractivity contribution in [3.05, 3.63) is 35.9 Å². The van der Waals surface area contributed by atoms with Gasteiger partial charge in [0.15, 0.2) is 5.82 Å². The first-order valence-corrected chi connectivity index (χ1v) is 8.48. The van der Waals surface area contributed by atoms with Crippen molar-refractivity contribution in [3.8, 4) is 0 Å². The molecule has 24 heavy (non-hydrogen) atoms. The monoisotopic (exact) mass is 330 g/mol. The van der Waals surface area contributed by atoms with Crippen LogP contribution in [0, 0.1) is 5.41 Å². The van der Waals surface area contributed by atoms with Gasteiger partial charge in [0.2, 0.25) is 0 Å². The first-order valence-electron chi connectivity index (χ1n) is 8.48. The molecule has 0 amide bonds. The van der Waals surface area contributed by atoms with Crippen molar-refractivity contribution >= 4 is 0 Å². The molecule has 1 aliphatic carbocycles. The number of hydrogen-bond donors (Lipinski definition) is 2. The molecule has 1 saturated carbocycles. The summed E-state index contributed by atoms with van der Waals surface area (Å²) in [7, 11) is 0. The largest absolute Gasteiger partial charge is 0.396 e. The molecule has 1 fully saturated rings. The van der Waals surface area contributed by atoms with Gasteiger partial charge in [0.1, 0.15) is 0 Å². The van der Waals surface area contributed by atoms with E-state index in [0.717, 1.165) is 30.7 Å². The Bertz CT molecular complexity index is 654. The van der Waals surface area contributed by atoms with Crippen molar-refractivity contribution in [3.63, 3.8) is 0 Å². The molecule has 7 heteroatoms. The number of pyridine rings is 1. The molecule has 1 aliphatic rings. The second kappa shape index (κ2) is 6.57. The van der Waals surface area contributed by atoms with E-state index in [1.807, 2.05) is 16.8 Å².